The first-order valence-corrected chi connectivity index (χ1v) is 7.15. The van der Waals surface area contributed by atoms with Crippen molar-refractivity contribution >= 4 is 31.9 Å². The lowest BCUT2D eigenvalue weighted by Gasteiger charge is -2.24. The van der Waals surface area contributed by atoms with Crippen LogP contribution in [0.3, 0.4) is 0 Å². The normalized spacial score (nSPS) is 14.9. The van der Waals surface area contributed by atoms with Gasteiger partial charge in [0.2, 0.25) is 0 Å². The molecular weight excluding hydrogens is 332 g/mol. The van der Waals surface area contributed by atoms with Gasteiger partial charge in [-0.3, -0.25) is 0 Å². The molecule has 0 saturated heterocycles. The molecule has 0 amide bonds. The van der Waals surface area contributed by atoms with Crippen LogP contribution < -0.4 is 4.74 Å². The fourth-order valence-electron chi connectivity index (χ4n) is 1.54. The highest BCUT2D eigenvalue weighted by atomic mass is 79.9. The number of benzene rings is 1. The summed E-state index contributed by atoms with van der Waals surface area (Å²) in [5.41, 5.74) is 1.21. The zero-order valence-electron chi connectivity index (χ0n) is 10.1. The fraction of sp³-hybridized carbons (Fsp3) is 0.538. The number of methoxy groups -OCH3 is 1. The molecule has 0 aromatic heterocycles. The van der Waals surface area contributed by atoms with Crippen molar-refractivity contribution in [3.63, 3.8) is 0 Å². The summed E-state index contributed by atoms with van der Waals surface area (Å²) in [7, 11) is 1.71. The van der Waals surface area contributed by atoms with Crippen LogP contribution in [0.5, 0.6) is 5.75 Å². The smallest absolute Gasteiger partial charge is 0.123 e. The van der Waals surface area contributed by atoms with E-state index in [4.69, 9.17) is 4.74 Å². The van der Waals surface area contributed by atoms with Crippen molar-refractivity contribution in [1.82, 2.24) is 0 Å². The second-order valence-electron chi connectivity index (χ2n) is 4.39. The third kappa shape index (κ3) is 3.24. The Morgan fingerprint density at radius 1 is 1.19 bits per heavy atom. The Bertz CT molecular complexity index is 350. The maximum atomic E-state index is 5.40. The minimum Gasteiger partial charge on any atom is -0.496 e. The van der Waals surface area contributed by atoms with Crippen LogP contribution in [0.25, 0.3) is 0 Å². The van der Waals surface area contributed by atoms with Gasteiger partial charge in [-0.15, -0.1) is 0 Å². The van der Waals surface area contributed by atoms with Gasteiger partial charge in [0.25, 0.3) is 0 Å². The van der Waals surface area contributed by atoms with Crippen LogP contribution in [0.15, 0.2) is 22.7 Å². The van der Waals surface area contributed by atoms with Gasteiger partial charge in [-0.1, -0.05) is 52.6 Å². The second-order valence-corrected chi connectivity index (χ2v) is 6.29. The maximum Gasteiger partial charge on any atom is 0.123 e. The molecule has 3 heteroatoms. The van der Waals surface area contributed by atoms with Crippen LogP contribution >= 0.6 is 31.9 Å². The van der Waals surface area contributed by atoms with Crippen molar-refractivity contribution in [3.05, 3.63) is 28.2 Å². The van der Waals surface area contributed by atoms with Crippen LogP contribution in [-0.2, 0) is 0 Å². The molecule has 1 nitrogen and oxygen atoms in total. The summed E-state index contributed by atoms with van der Waals surface area (Å²) >= 11 is 7.28. The number of hydrogen-bond donors (Lipinski definition) is 0. The Hall–Kier alpha value is -0.0200. The molecule has 0 N–H and O–H groups in total. The van der Waals surface area contributed by atoms with Gasteiger partial charge < -0.3 is 4.74 Å². The molecular formula is C13H18Br2O. The van der Waals surface area contributed by atoms with Gasteiger partial charge in [-0.05, 0) is 30.0 Å². The summed E-state index contributed by atoms with van der Waals surface area (Å²) in [6, 6.07) is 6.12. The molecule has 0 aliphatic carbocycles. The van der Waals surface area contributed by atoms with E-state index in [0.717, 1.165) is 10.2 Å². The second kappa shape index (κ2) is 6.06. The van der Waals surface area contributed by atoms with E-state index >= 15 is 0 Å². The molecule has 0 heterocycles. The first kappa shape index (κ1) is 14.0. The lowest BCUT2D eigenvalue weighted by Crippen LogP contribution is -2.11. The Morgan fingerprint density at radius 3 is 2.31 bits per heavy atom. The molecule has 1 aromatic rings. The van der Waals surface area contributed by atoms with Crippen molar-refractivity contribution in [2.75, 3.05) is 7.11 Å². The Kier molecular flexibility index (Phi) is 5.32. The standard InChI is InChI=1S/C13H18Br2O/c1-8(2)9(3)13(15)11-7-10(14)5-6-12(11)16-4/h5-9,13H,1-4H3. The zero-order chi connectivity index (χ0) is 12.3. The van der Waals surface area contributed by atoms with Gasteiger partial charge in [0.15, 0.2) is 0 Å². The molecule has 16 heavy (non-hydrogen) atoms. The zero-order valence-corrected chi connectivity index (χ0v) is 13.3. The summed E-state index contributed by atoms with van der Waals surface area (Å²) in [5, 5.41) is 0. The maximum absolute atomic E-state index is 5.40. The lowest BCUT2D eigenvalue weighted by atomic mass is 9.90. The minimum absolute atomic E-state index is 0.319. The predicted octanol–water partition coefficient (Wildman–Crippen LogP) is 5.19. The summed E-state index contributed by atoms with van der Waals surface area (Å²) in [6.45, 7) is 6.73. The van der Waals surface area contributed by atoms with E-state index in [9.17, 15) is 0 Å². The van der Waals surface area contributed by atoms with Crippen molar-refractivity contribution in [1.29, 1.82) is 0 Å². The Labute approximate surface area is 115 Å². The minimum atomic E-state index is 0.319. The van der Waals surface area contributed by atoms with Crippen molar-refractivity contribution in [3.8, 4) is 5.75 Å². The van der Waals surface area contributed by atoms with E-state index < -0.39 is 0 Å². The van der Waals surface area contributed by atoms with Crippen molar-refractivity contribution < 1.29 is 4.74 Å². The first-order chi connectivity index (χ1) is 7.47. The van der Waals surface area contributed by atoms with E-state index in [1.165, 1.54) is 5.56 Å². The highest BCUT2D eigenvalue weighted by Crippen LogP contribution is 2.40. The molecule has 2 unspecified atom stereocenters. The van der Waals surface area contributed by atoms with Crippen molar-refractivity contribution in [2.24, 2.45) is 11.8 Å². The van der Waals surface area contributed by atoms with E-state index in [1.807, 2.05) is 12.1 Å². The number of halogens is 2. The van der Waals surface area contributed by atoms with E-state index in [1.54, 1.807) is 7.11 Å². The third-order valence-corrected chi connectivity index (χ3v) is 4.82. The molecule has 0 radical (unpaired) electrons. The molecule has 0 fully saturated rings. The van der Waals surface area contributed by atoms with Crippen LogP contribution in [0.4, 0.5) is 0 Å². The first-order valence-electron chi connectivity index (χ1n) is 5.44. The molecule has 1 aromatic carbocycles. The largest absolute Gasteiger partial charge is 0.496 e. The predicted molar refractivity (Wildman–Crippen MR) is 76.4 cm³/mol. The Morgan fingerprint density at radius 2 is 1.81 bits per heavy atom. The quantitative estimate of drug-likeness (QED) is 0.680. The topological polar surface area (TPSA) is 9.23 Å². The number of ether oxygens (including phenoxy) is 1. The highest BCUT2D eigenvalue weighted by molar-refractivity contribution is 9.10. The number of hydrogen-bond acceptors (Lipinski definition) is 1. The fourth-order valence-corrected chi connectivity index (χ4v) is 2.89. The van der Waals surface area contributed by atoms with E-state index in [2.05, 4.69) is 58.7 Å². The van der Waals surface area contributed by atoms with Gasteiger partial charge in [-0.2, -0.15) is 0 Å². The number of rotatable bonds is 4. The molecule has 0 aliphatic heterocycles. The monoisotopic (exact) mass is 348 g/mol. The molecule has 0 spiro atoms. The molecule has 90 valence electrons. The average molecular weight is 350 g/mol. The SMILES string of the molecule is COc1ccc(Br)cc1C(Br)C(C)C(C)C. The van der Waals surface area contributed by atoms with Crippen LogP contribution in [-0.4, -0.2) is 7.11 Å². The molecule has 0 bridgehead atoms. The molecule has 0 aliphatic rings. The molecule has 1 rings (SSSR count). The summed E-state index contributed by atoms with van der Waals surface area (Å²) in [6.07, 6.45) is 0. The summed E-state index contributed by atoms with van der Waals surface area (Å²) in [5.74, 6) is 2.13. The van der Waals surface area contributed by atoms with Gasteiger partial charge in [0, 0.05) is 14.9 Å². The summed E-state index contributed by atoms with van der Waals surface area (Å²) in [4.78, 5) is 0.319. The van der Waals surface area contributed by atoms with Gasteiger partial charge >= 0.3 is 0 Å². The number of alkyl halides is 1. The van der Waals surface area contributed by atoms with Gasteiger partial charge in [-0.25, -0.2) is 0 Å². The third-order valence-electron chi connectivity index (χ3n) is 3.00. The molecule has 0 saturated carbocycles. The lowest BCUT2D eigenvalue weighted by molar-refractivity contribution is 0.385. The van der Waals surface area contributed by atoms with Crippen LogP contribution in [0.1, 0.15) is 31.2 Å². The van der Waals surface area contributed by atoms with Crippen LogP contribution in [0, 0.1) is 11.8 Å². The Balaban J connectivity index is 3.05. The molecule has 2 atom stereocenters. The van der Waals surface area contributed by atoms with Gasteiger partial charge in [0.1, 0.15) is 5.75 Å². The van der Waals surface area contributed by atoms with E-state index in [0.29, 0.717) is 16.7 Å². The highest BCUT2D eigenvalue weighted by Gasteiger charge is 2.22. The van der Waals surface area contributed by atoms with Crippen molar-refractivity contribution in [2.45, 2.75) is 25.6 Å². The van der Waals surface area contributed by atoms with Gasteiger partial charge in [0.05, 0.1) is 7.11 Å². The van der Waals surface area contributed by atoms with E-state index in [-0.39, 0.29) is 0 Å². The van der Waals surface area contributed by atoms with Crippen LogP contribution in [0.2, 0.25) is 0 Å². The average Bonchev–Trinajstić information content (AvgIpc) is 2.26. The summed E-state index contributed by atoms with van der Waals surface area (Å²) < 4.78 is 6.49.